The number of hydrogen-bond acceptors (Lipinski definition) is 4. The lowest BCUT2D eigenvalue weighted by atomic mass is 10.2. The molecule has 1 atom stereocenters. The van der Waals surface area contributed by atoms with E-state index in [2.05, 4.69) is 0 Å². The standard InChI is InChI=1S/C6H15N2O3P/c1-5(2)4-11-12(3,10)6(9)8-7/h5H,4,7H2,1-3H3,(H,8,9). The van der Waals surface area contributed by atoms with Gasteiger partial charge < -0.3 is 4.52 Å². The summed E-state index contributed by atoms with van der Waals surface area (Å²) in [6.45, 7) is 5.35. The minimum atomic E-state index is -3.21. The highest BCUT2D eigenvalue weighted by molar-refractivity contribution is 7.75. The van der Waals surface area contributed by atoms with Crippen molar-refractivity contribution in [1.82, 2.24) is 5.43 Å². The van der Waals surface area contributed by atoms with Crippen LogP contribution in [0.25, 0.3) is 0 Å². The molecule has 0 aliphatic rings. The fourth-order valence-electron chi connectivity index (χ4n) is 0.467. The number of hydrazine groups is 1. The molecule has 72 valence electrons. The Balaban J connectivity index is 4.05. The van der Waals surface area contributed by atoms with Gasteiger partial charge in [0.2, 0.25) is 0 Å². The molecule has 0 spiro atoms. The molecule has 1 amide bonds. The molecule has 0 aromatic rings. The second kappa shape index (κ2) is 4.60. The Morgan fingerprint density at radius 1 is 1.67 bits per heavy atom. The van der Waals surface area contributed by atoms with Crippen LogP contribution in [0.5, 0.6) is 0 Å². The van der Waals surface area contributed by atoms with Crippen LogP contribution < -0.4 is 11.3 Å². The van der Waals surface area contributed by atoms with E-state index in [1.54, 1.807) is 5.43 Å². The summed E-state index contributed by atoms with van der Waals surface area (Å²) in [6, 6.07) is 0. The molecule has 0 aliphatic heterocycles. The topological polar surface area (TPSA) is 81.4 Å². The molecule has 3 N–H and O–H groups in total. The van der Waals surface area contributed by atoms with Crippen LogP contribution in [0.2, 0.25) is 0 Å². The number of nitrogens with one attached hydrogen (secondary N) is 1. The highest BCUT2D eigenvalue weighted by Crippen LogP contribution is 2.43. The maximum absolute atomic E-state index is 11.3. The summed E-state index contributed by atoms with van der Waals surface area (Å²) in [4.78, 5) is 10.8. The van der Waals surface area contributed by atoms with Gasteiger partial charge in [-0.25, -0.2) is 5.84 Å². The van der Waals surface area contributed by atoms with E-state index in [9.17, 15) is 9.36 Å². The molecule has 6 heteroatoms. The van der Waals surface area contributed by atoms with Crippen molar-refractivity contribution in [3.63, 3.8) is 0 Å². The van der Waals surface area contributed by atoms with E-state index in [0.717, 1.165) is 0 Å². The molecule has 0 aromatic carbocycles. The summed E-state index contributed by atoms with van der Waals surface area (Å²) >= 11 is 0. The average molecular weight is 194 g/mol. The van der Waals surface area contributed by atoms with Gasteiger partial charge in [-0.1, -0.05) is 13.8 Å². The lowest BCUT2D eigenvalue weighted by Crippen LogP contribution is -2.29. The van der Waals surface area contributed by atoms with Crippen molar-refractivity contribution >= 4 is 13.0 Å². The highest BCUT2D eigenvalue weighted by atomic mass is 31.2. The van der Waals surface area contributed by atoms with Crippen molar-refractivity contribution in [3.8, 4) is 0 Å². The van der Waals surface area contributed by atoms with Crippen LogP contribution in [-0.4, -0.2) is 18.9 Å². The lowest BCUT2D eigenvalue weighted by molar-refractivity contribution is 0.241. The Hall–Kier alpha value is -0.380. The first-order valence-electron chi connectivity index (χ1n) is 3.63. The van der Waals surface area contributed by atoms with Crippen LogP contribution in [-0.2, 0) is 9.09 Å². The molecule has 1 unspecified atom stereocenters. The van der Waals surface area contributed by atoms with Gasteiger partial charge in [0.1, 0.15) is 0 Å². The Labute approximate surface area is 72.1 Å². The summed E-state index contributed by atoms with van der Waals surface area (Å²) in [5.41, 5.74) is 1.05. The minimum Gasteiger partial charge on any atom is -0.322 e. The van der Waals surface area contributed by atoms with E-state index in [1.807, 2.05) is 13.8 Å². The van der Waals surface area contributed by atoms with Gasteiger partial charge >= 0.3 is 5.65 Å². The zero-order valence-corrected chi connectivity index (χ0v) is 8.43. The van der Waals surface area contributed by atoms with Crippen molar-refractivity contribution in [2.24, 2.45) is 11.8 Å². The summed E-state index contributed by atoms with van der Waals surface area (Å²) < 4.78 is 16.2. The van der Waals surface area contributed by atoms with Crippen molar-refractivity contribution in [2.75, 3.05) is 13.3 Å². The predicted octanol–water partition coefficient (Wildman–Crippen LogP) is 1.15. The average Bonchev–Trinajstić information content (AvgIpc) is 1.99. The first-order chi connectivity index (χ1) is 5.40. The van der Waals surface area contributed by atoms with Gasteiger partial charge in [-0.05, 0) is 5.92 Å². The molecule has 12 heavy (non-hydrogen) atoms. The van der Waals surface area contributed by atoms with Gasteiger partial charge in [-0.15, -0.1) is 0 Å². The van der Waals surface area contributed by atoms with Gasteiger partial charge in [0.25, 0.3) is 7.37 Å². The Bertz CT molecular complexity index is 205. The molecular weight excluding hydrogens is 179 g/mol. The summed E-state index contributed by atoms with van der Waals surface area (Å²) in [7, 11) is -3.21. The van der Waals surface area contributed by atoms with Crippen LogP contribution in [0.3, 0.4) is 0 Å². The molecule has 0 bridgehead atoms. The van der Waals surface area contributed by atoms with Crippen molar-refractivity contribution in [2.45, 2.75) is 13.8 Å². The Kier molecular flexibility index (Phi) is 4.45. The van der Waals surface area contributed by atoms with Crippen LogP contribution >= 0.6 is 7.37 Å². The van der Waals surface area contributed by atoms with Gasteiger partial charge in [-0.3, -0.25) is 14.8 Å². The molecule has 0 aromatic heterocycles. The summed E-state index contributed by atoms with van der Waals surface area (Å²) in [6.07, 6.45) is 0. The Morgan fingerprint density at radius 3 is 2.50 bits per heavy atom. The van der Waals surface area contributed by atoms with Crippen molar-refractivity contribution in [1.29, 1.82) is 0 Å². The quantitative estimate of drug-likeness (QED) is 0.304. The zero-order chi connectivity index (χ0) is 9.78. The molecule has 0 saturated heterocycles. The van der Waals surface area contributed by atoms with E-state index in [1.165, 1.54) is 6.66 Å². The second-order valence-corrected chi connectivity index (χ2v) is 5.34. The molecule has 0 saturated carbocycles. The van der Waals surface area contributed by atoms with E-state index >= 15 is 0 Å². The fourth-order valence-corrected chi connectivity index (χ4v) is 1.40. The third-order valence-electron chi connectivity index (χ3n) is 1.15. The molecule has 0 heterocycles. The summed E-state index contributed by atoms with van der Waals surface area (Å²) in [5, 5.41) is 0. The van der Waals surface area contributed by atoms with Gasteiger partial charge in [-0.2, -0.15) is 0 Å². The molecule has 0 aliphatic carbocycles. The van der Waals surface area contributed by atoms with E-state index < -0.39 is 13.0 Å². The number of nitrogens with two attached hydrogens (primary N) is 1. The Morgan fingerprint density at radius 2 is 2.17 bits per heavy atom. The van der Waals surface area contributed by atoms with Crippen molar-refractivity contribution < 1.29 is 13.9 Å². The lowest BCUT2D eigenvalue weighted by Gasteiger charge is -2.12. The van der Waals surface area contributed by atoms with Crippen molar-refractivity contribution in [3.05, 3.63) is 0 Å². The first-order valence-corrected chi connectivity index (χ1v) is 5.70. The fraction of sp³-hybridized carbons (Fsp3) is 0.833. The van der Waals surface area contributed by atoms with Crippen LogP contribution in [0.15, 0.2) is 0 Å². The third-order valence-corrected chi connectivity index (χ3v) is 2.66. The van der Waals surface area contributed by atoms with E-state index in [0.29, 0.717) is 6.61 Å². The summed E-state index contributed by atoms with van der Waals surface area (Å²) in [5.74, 6) is 5.05. The number of carbonyl (C=O) groups is 1. The van der Waals surface area contributed by atoms with Gasteiger partial charge in [0, 0.05) is 6.66 Å². The molecule has 5 nitrogen and oxygen atoms in total. The monoisotopic (exact) mass is 194 g/mol. The van der Waals surface area contributed by atoms with Gasteiger partial charge in [0.15, 0.2) is 0 Å². The number of amides is 1. The highest BCUT2D eigenvalue weighted by Gasteiger charge is 2.26. The largest absolute Gasteiger partial charge is 0.322 e. The molecule has 0 rings (SSSR count). The maximum Gasteiger partial charge on any atom is 0.319 e. The van der Waals surface area contributed by atoms with E-state index in [4.69, 9.17) is 10.4 Å². The number of rotatable bonds is 4. The normalized spacial score (nSPS) is 15.8. The van der Waals surface area contributed by atoms with Crippen LogP contribution in [0.1, 0.15) is 13.8 Å². The molecule has 0 radical (unpaired) electrons. The van der Waals surface area contributed by atoms with Crippen LogP contribution in [0, 0.1) is 5.92 Å². The first kappa shape index (κ1) is 11.6. The second-order valence-electron chi connectivity index (χ2n) is 2.98. The van der Waals surface area contributed by atoms with Gasteiger partial charge in [0.05, 0.1) is 6.61 Å². The minimum absolute atomic E-state index is 0.240. The smallest absolute Gasteiger partial charge is 0.319 e. The van der Waals surface area contributed by atoms with E-state index in [-0.39, 0.29) is 5.92 Å². The number of hydrogen-bond donors (Lipinski definition) is 2. The predicted molar refractivity (Wildman–Crippen MR) is 47.0 cm³/mol. The number of carbonyl (C=O) groups excluding carboxylic acids is 1. The SMILES string of the molecule is CC(C)COP(C)(=O)C(=O)NN. The molecular formula is C6H15N2O3P. The third kappa shape index (κ3) is 3.85. The zero-order valence-electron chi connectivity index (χ0n) is 7.53. The maximum atomic E-state index is 11.3. The molecule has 0 fully saturated rings. The van der Waals surface area contributed by atoms with Crippen LogP contribution in [0.4, 0.5) is 4.79 Å².